The number of hydrogen-bond acceptors (Lipinski definition) is 5. The number of hydrogen-bond donors (Lipinski definition) is 1. The molecule has 0 fully saturated rings. The van der Waals surface area contributed by atoms with Crippen LogP contribution in [0.4, 0.5) is 0 Å². The molecule has 1 aromatic heterocycles. The Labute approximate surface area is 95.3 Å². The number of esters is 1. The Bertz CT molecular complexity index is 338. The first-order valence-electron chi connectivity index (χ1n) is 5.31. The highest BCUT2D eigenvalue weighted by Gasteiger charge is 2.12. The molecule has 0 aliphatic carbocycles. The molecule has 1 N–H and O–H groups in total. The molecule has 88 valence electrons. The van der Waals surface area contributed by atoms with Crippen LogP contribution >= 0.6 is 0 Å². The Morgan fingerprint density at radius 1 is 1.50 bits per heavy atom. The second-order valence-electron chi connectivity index (χ2n) is 3.50. The zero-order chi connectivity index (χ0) is 12.0. The molecule has 0 amide bonds. The third kappa shape index (κ3) is 3.94. The largest absolute Gasteiger partial charge is 0.465 e. The van der Waals surface area contributed by atoms with Gasteiger partial charge in [0.25, 0.3) is 0 Å². The van der Waals surface area contributed by atoms with Crippen LogP contribution in [0.1, 0.15) is 25.2 Å². The van der Waals surface area contributed by atoms with Gasteiger partial charge in [-0.05, 0) is 20.8 Å². The topological polar surface area (TPSA) is 64.1 Å². The monoisotopic (exact) mass is 223 g/mol. The molecule has 0 aliphatic heterocycles. The van der Waals surface area contributed by atoms with Crippen LogP contribution in [0, 0.1) is 6.92 Å². The number of ether oxygens (including phenoxy) is 1. The van der Waals surface area contributed by atoms with Crippen molar-refractivity contribution in [3.8, 4) is 0 Å². The van der Waals surface area contributed by atoms with Crippen molar-refractivity contribution >= 4 is 5.97 Å². The average Bonchev–Trinajstić information content (AvgIpc) is 2.28. The molecular formula is C11H17N3O2. The SMILES string of the molecule is CCOC(=O)C(C)NCc1cnc(C)cn1. The summed E-state index contributed by atoms with van der Waals surface area (Å²) in [7, 11) is 0. The minimum absolute atomic E-state index is 0.248. The van der Waals surface area contributed by atoms with Gasteiger partial charge in [0.15, 0.2) is 0 Å². The van der Waals surface area contributed by atoms with E-state index in [0.717, 1.165) is 11.4 Å². The molecule has 1 unspecified atom stereocenters. The molecule has 0 aliphatic rings. The van der Waals surface area contributed by atoms with Crippen molar-refractivity contribution in [3.05, 3.63) is 23.8 Å². The molecule has 1 rings (SSSR count). The van der Waals surface area contributed by atoms with Gasteiger partial charge in [-0.25, -0.2) is 0 Å². The summed E-state index contributed by atoms with van der Waals surface area (Å²) in [6.07, 6.45) is 3.40. The predicted octanol–water partition coefficient (Wildman–Crippen LogP) is 0.826. The number of aromatic nitrogens is 2. The lowest BCUT2D eigenvalue weighted by molar-refractivity contribution is -0.145. The molecule has 16 heavy (non-hydrogen) atoms. The van der Waals surface area contributed by atoms with E-state index in [2.05, 4.69) is 15.3 Å². The van der Waals surface area contributed by atoms with Crippen LogP contribution in [0.15, 0.2) is 12.4 Å². The molecule has 0 saturated heterocycles. The van der Waals surface area contributed by atoms with E-state index in [0.29, 0.717) is 13.2 Å². The van der Waals surface area contributed by atoms with E-state index in [1.165, 1.54) is 0 Å². The fraction of sp³-hybridized carbons (Fsp3) is 0.545. The molecule has 1 aromatic rings. The van der Waals surface area contributed by atoms with Gasteiger partial charge >= 0.3 is 5.97 Å². The van der Waals surface area contributed by atoms with Crippen molar-refractivity contribution in [2.45, 2.75) is 33.4 Å². The molecule has 0 saturated carbocycles. The van der Waals surface area contributed by atoms with Gasteiger partial charge < -0.3 is 4.74 Å². The molecule has 1 atom stereocenters. The summed E-state index contributed by atoms with van der Waals surface area (Å²) in [5, 5.41) is 3.03. The normalized spacial score (nSPS) is 12.2. The highest BCUT2D eigenvalue weighted by molar-refractivity contribution is 5.75. The number of carbonyl (C=O) groups excluding carboxylic acids is 1. The lowest BCUT2D eigenvalue weighted by Gasteiger charge is -2.11. The molecule has 0 radical (unpaired) electrons. The molecule has 5 heteroatoms. The minimum atomic E-state index is -0.331. The van der Waals surface area contributed by atoms with E-state index in [4.69, 9.17) is 4.74 Å². The van der Waals surface area contributed by atoms with E-state index in [1.807, 2.05) is 6.92 Å². The van der Waals surface area contributed by atoms with Gasteiger partial charge in [0.1, 0.15) is 6.04 Å². The molecule has 0 spiro atoms. The Morgan fingerprint density at radius 3 is 2.81 bits per heavy atom. The number of rotatable bonds is 5. The summed E-state index contributed by atoms with van der Waals surface area (Å²) in [4.78, 5) is 19.6. The summed E-state index contributed by atoms with van der Waals surface area (Å²) >= 11 is 0. The van der Waals surface area contributed by atoms with E-state index in [-0.39, 0.29) is 12.0 Å². The first kappa shape index (κ1) is 12.6. The fourth-order valence-electron chi connectivity index (χ4n) is 1.12. The third-order valence-electron chi connectivity index (χ3n) is 2.06. The maximum atomic E-state index is 11.3. The summed E-state index contributed by atoms with van der Waals surface area (Å²) in [6, 6.07) is -0.331. The van der Waals surface area contributed by atoms with Crippen molar-refractivity contribution in [2.24, 2.45) is 0 Å². The first-order chi connectivity index (χ1) is 7.63. The van der Waals surface area contributed by atoms with E-state index < -0.39 is 0 Å². The van der Waals surface area contributed by atoms with Gasteiger partial charge in [-0.2, -0.15) is 0 Å². The summed E-state index contributed by atoms with van der Waals surface area (Å²) < 4.78 is 4.87. The predicted molar refractivity (Wildman–Crippen MR) is 59.7 cm³/mol. The third-order valence-corrected chi connectivity index (χ3v) is 2.06. The Balaban J connectivity index is 2.39. The van der Waals surface area contributed by atoms with E-state index in [1.54, 1.807) is 26.2 Å². The standard InChI is InChI=1S/C11H17N3O2/c1-4-16-11(15)9(3)13-7-10-6-12-8(2)5-14-10/h5-6,9,13H,4,7H2,1-3H3. The van der Waals surface area contributed by atoms with Crippen molar-refractivity contribution in [1.82, 2.24) is 15.3 Å². The quantitative estimate of drug-likeness (QED) is 0.749. The zero-order valence-electron chi connectivity index (χ0n) is 9.86. The van der Waals surface area contributed by atoms with E-state index >= 15 is 0 Å². The Morgan fingerprint density at radius 2 is 2.25 bits per heavy atom. The smallest absolute Gasteiger partial charge is 0.322 e. The van der Waals surface area contributed by atoms with Crippen LogP contribution < -0.4 is 5.32 Å². The number of nitrogens with one attached hydrogen (secondary N) is 1. The van der Waals surface area contributed by atoms with Crippen LogP contribution in [0.25, 0.3) is 0 Å². The molecule has 0 bridgehead atoms. The second kappa shape index (κ2) is 6.17. The number of carbonyl (C=O) groups is 1. The number of aryl methyl sites for hydroxylation is 1. The highest BCUT2D eigenvalue weighted by atomic mass is 16.5. The van der Waals surface area contributed by atoms with Crippen LogP contribution in [-0.2, 0) is 16.1 Å². The van der Waals surface area contributed by atoms with Gasteiger partial charge in [-0.3, -0.25) is 20.1 Å². The summed E-state index contributed by atoms with van der Waals surface area (Å²) in [5.41, 5.74) is 1.68. The molecular weight excluding hydrogens is 206 g/mol. The van der Waals surface area contributed by atoms with Crippen LogP contribution in [0.5, 0.6) is 0 Å². The lowest BCUT2D eigenvalue weighted by atomic mass is 10.3. The average molecular weight is 223 g/mol. The highest BCUT2D eigenvalue weighted by Crippen LogP contribution is 1.95. The van der Waals surface area contributed by atoms with Crippen LogP contribution in [0.2, 0.25) is 0 Å². The van der Waals surface area contributed by atoms with Crippen LogP contribution in [-0.4, -0.2) is 28.6 Å². The van der Waals surface area contributed by atoms with Gasteiger partial charge in [0.05, 0.1) is 18.0 Å². The first-order valence-corrected chi connectivity index (χ1v) is 5.31. The number of nitrogens with zero attached hydrogens (tertiary/aromatic N) is 2. The Kier molecular flexibility index (Phi) is 4.85. The maximum Gasteiger partial charge on any atom is 0.322 e. The van der Waals surface area contributed by atoms with Gasteiger partial charge in [-0.1, -0.05) is 0 Å². The van der Waals surface area contributed by atoms with Crippen molar-refractivity contribution < 1.29 is 9.53 Å². The fourth-order valence-corrected chi connectivity index (χ4v) is 1.12. The Hall–Kier alpha value is -1.49. The zero-order valence-corrected chi connectivity index (χ0v) is 9.86. The van der Waals surface area contributed by atoms with Crippen molar-refractivity contribution in [3.63, 3.8) is 0 Å². The van der Waals surface area contributed by atoms with Gasteiger partial charge in [0, 0.05) is 18.9 Å². The second-order valence-corrected chi connectivity index (χ2v) is 3.50. The lowest BCUT2D eigenvalue weighted by Crippen LogP contribution is -2.35. The molecule has 5 nitrogen and oxygen atoms in total. The maximum absolute atomic E-state index is 11.3. The summed E-state index contributed by atoms with van der Waals surface area (Å²) in [6.45, 7) is 6.34. The molecule has 0 aromatic carbocycles. The van der Waals surface area contributed by atoms with Gasteiger partial charge in [0.2, 0.25) is 0 Å². The van der Waals surface area contributed by atoms with E-state index in [9.17, 15) is 4.79 Å². The van der Waals surface area contributed by atoms with Crippen molar-refractivity contribution in [2.75, 3.05) is 6.61 Å². The minimum Gasteiger partial charge on any atom is -0.465 e. The van der Waals surface area contributed by atoms with Crippen LogP contribution in [0.3, 0.4) is 0 Å². The van der Waals surface area contributed by atoms with Crippen molar-refractivity contribution in [1.29, 1.82) is 0 Å². The summed E-state index contributed by atoms with van der Waals surface area (Å²) in [5.74, 6) is -0.248. The van der Waals surface area contributed by atoms with Gasteiger partial charge in [-0.15, -0.1) is 0 Å². The molecule has 1 heterocycles.